The molecular weight excluding hydrogens is 254 g/mol. The van der Waals surface area contributed by atoms with Crippen LogP contribution in [0.2, 0.25) is 0 Å². The molecule has 0 bridgehead atoms. The van der Waals surface area contributed by atoms with Gasteiger partial charge in [0.1, 0.15) is 11.5 Å². The van der Waals surface area contributed by atoms with E-state index < -0.39 is 0 Å². The normalized spacial score (nSPS) is 16.0. The van der Waals surface area contributed by atoms with Gasteiger partial charge in [0.15, 0.2) is 5.82 Å². The minimum Gasteiger partial charge on any atom is -0.360 e. The summed E-state index contributed by atoms with van der Waals surface area (Å²) in [4.78, 5) is 20.2. The Kier molecular flexibility index (Phi) is 3.38. The number of anilines is 2. The molecule has 3 heterocycles. The first kappa shape index (κ1) is 12.3. The highest BCUT2D eigenvalue weighted by Gasteiger charge is 2.24. The maximum atomic E-state index is 11.6. The zero-order chi connectivity index (χ0) is 11.7. The molecule has 3 rings (SSSR count). The summed E-state index contributed by atoms with van der Waals surface area (Å²) >= 11 is 0. The molecule has 0 aliphatic carbocycles. The summed E-state index contributed by atoms with van der Waals surface area (Å²) in [6.07, 6.45) is 10.9. The van der Waals surface area contributed by atoms with Gasteiger partial charge in [-0.3, -0.25) is 9.69 Å². The molecule has 0 saturated carbocycles. The van der Waals surface area contributed by atoms with Crippen LogP contribution in [-0.2, 0) is 0 Å². The van der Waals surface area contributed by atoms with Gasteiger partial charge in [0.05, 0.1) is 13.0 Å². The Morgan fingerprint density at radius 2 is 2.17 bits per heavy atom. The topological polar surface area (TPSA) is 73.0 Å². The monoisotopic (exact) mass is 265 g/mol. The number of H-pyrrole nitrogens is 1. The van der Waals surface area contributed by atoms with E-state index in [9.17, 15) is 4.79 Å². The van der Waals surface area contributed by atoms with E-state index in [1.54, 1.807) is 0 Å². The molecule has 18 heavy (non-hydrogen) atoms. The van der Waals surface area contributed by atoms with Crippen LogP contribution in [0.3, 0.4) is 0 Å². The molecule has 0 aromatic carbocycles. The second kappa shape index (κ2) is 4.97. The Labute approximate surface area is 110 Å². The minimum atomic E-state index is -0.155. The van der Waals surface area contributed by atoms with Gasteiger partial charge >= 0.3 is 0 Å². The molecule has 94 valence electrons. The fourth-order valence-electron chi connectivity index (χ4n) is 1.80. The SMILES string of the molecule is Cl.O=c1[nH]cnc2c1NCN2C1=CC=CC=CN1. The highest BCUT2D eigenvalue weighted by atomic mass is 35.5. The van der Waals surface area contributed by atoms with Crippen molar-refractivity contribution in [1.29, 1.82) is 0 Å². The summed E-state index contributed by atoms with van der Waals surface area (Å²) in [5, 5.41) is 6.16. The van der Waals surface area contributed by atoms with Crippen molar-refractivity contribution in [3.05, 3.63) is 53.0 Å². The number of rotatable bonds is 1. The third kappa shape index (κ3) is 1.98. The van der Waals surface area contributed by atoms with Crippen molar-refractivity contribution in [2.24, 2.45) is 0 Å². The number of aromatic nitrogens is 2. The highest BCUT2D eigenvalue weighted by molar-refractivity contribution is 5.85. The second-order valence-electron chi connectivity index (χ2n) is 3.63. The number of hydrogen-bond acceptors (Lipinski definition) is 5. The largest absolute Gasteiger partial charge is 0.360 e. The van der Waals surface area contributed by atoms with E-state index in [1.165, 1.54) is 6.33 Å². The number of allylic oxidation sites excluding steroid dienone is 4. The Morgan fingerprint density at radius 1 is 1.28 bits per heavy atom. The molecule has 6 nitrogen and oxygen atoms in total. The third-order valence-corrected chi connectivity index (χ3v) is 2.60. The first-order valence-corrected chi connectivity index (χ1v) is 5.25. The molecular formula is C11H12ClN5O. The van der Waals surface area contributed by atoms with Crippen LogP contribution in [0, 0.1) is 0 Å². The fourth-order valence-corrected chi connectivity index (χ4v) is 1.80. The van der Waals surface area contributed by atoms with Crippen molar-refractivity contribution >= 4 is 23.9 Å². The van der Waals surface area contributed by atoms with Crippen LogP contribution in [0.25, 0.3) is 0 Å². The average molecular weight is 266 g/mol. The predicted molar refractivity (Wildman–Crippen MR) is 72.6 cm³/mol. The smallest absolute Gasteiger partial charge is 0.276 e. The van der Waals surface area contributed by atoms with E-state index in [0.29, 0.717) is 18.2 Å². The number of aromatic amines is 1. The molecule has 0 unspecified atom stereocenters. The molecule has 2 aliphatic rings. The minimum absolute atomic E-state index is 0. The number of hydrogen-bond donors (Lipinski definition) is 3. The van der Waals surface area contributed by atoms with Crippen LogP contribution < -0.4 is 21.1 Å². The zero-order valence-electron chi connectivity index (χ0n) is 9.38. The van der Waals surface area contributed by atoms with Gasteiger partial charge in [0.25, 0.3) is 5.56 Å². The second-order valence-corrected chi connectivity index (χ2v) is 3.63. The van der Waals surface area contributed by atoms with E-state index >= 15 is 0 Å². The first-order valence-electron chi connectivity index (χ1n) is 5.25. The summed E-state index contributed by atoms with van der Waals surface area (Å²) in [6.45, 7) is 0.524. The van der Waals surface area contributed by atoms with Crippen LogP contribution in [-0.4, -0.2) is 16.6 Å². The number of nitrogens with one attached hydrogen (secondary N) is 3. The predicted octanol–water partition coefficient (Wildman–Crippen LogP) is 0.896. The summed E-state index contributed by atoms with van der Waals surface area (Å²) in [6, 6.07) is 0. The Balaban J connectivity index is 0.00000120. The Hall–Kier alpha value is -2.21. The van der Waals surface area contributed by atoms with Gasteiger partial charge in [-0.15, -0.1) is 12.4 Å². The molecule has 0 amide bonds. The van der Waals surface area contributed by atoms with E-state index in [1.807, 2.05) is 35.4 Å². The maximum absolute atomic E-state index is 11.6. The average Bonchev–Trinajstić information content (AvgIpc) is 2.59. The lowest BCUT2D eigenvalue weighted by Gasteiger charge is -2.19. The summed E-state index contributed by atoms with van der Waals surface area (Å²) in [7, 11) is 0. The first-order chi connectivity index (χ1) is 8.36. The molecule has 3 N–H and O–H groups in total. The third-order valence-electron chi connectivity index (χ3n) is 2.60. The van der Waals surface area contributed by atoms with Gasteiger partial charge in [-0.05, 0) is 12.2 Å². The lowest BCUT2D eigenvalue weighted by atomic mass is 10.4. The summed E-state index contributed by atoms with van der Waals surface area (Å²) in [5.74, 6) is 1.51. The summed E-state index contributed by atoms with van der Waals surface area (Å²) < 4.78 is 0. The van der Waals surface area contributed by atoms with Gasteiger partial charge < -0.3 is 15.6 Å². The summed E-state index contributed by atoms with van der Waals surface area (Å²) in [5.41, 5.74) is 0.352. The number of halogens is 1. The van der Waals surface area contributed by atoms with Gasteiger partial charge in [0.2, 0.25) is 0 Å². The molecule has 1 aromatic rings. The van der Waals surface area contributed by atoms with Crippen molar-refractivity contribution in [3.8, 4) is 0 Å². The van der Waals surface area contributed by atoms with Crippen LogP contribution in [0.1, 0.15) is 0 Å². The number of nitrogens with zero attached hydrogens (tertiary/aromatic N) is 2. The van der Waals surface area contributed by atoms with Crippen molar-refractivity contribution < 1.29 is 0 Å². The van der Waals surface area contributed by atoms with Crippen molar-refractivity contribution in [2.45, 2.75) is 0 Å². The Morgan fingerprint density at radius 3 is 3.06 bits per heavy atom. The molecule has 0 atom stereocenters. The van der Waals surface area contributed by atoms with E-state index in [2.05, 4.69) is 20.6 Å². The maximum Gasteiger partial charge on any atom is 0.276 e. The van der Waals surface area contributed by atoms with E-state index in [-0.39, 0.29) is 18.0 Å². The molecule has 2 aliphatic heterocycles. The molecule has 0 saturated heterocycles. The molecule has 0 fully saturated rings. The standard InChI is InChI=1S/C11H11N5O.ClH/c17-11-9-10(13-6-14-11)16(7-15-9)8-4-2-1-3-5-12-8;/h1-6,12,15H,7H2,(H,13,14,17);1H. The number of fused-ring (bicyclic) bond motifs is 1. The molecule has 0 radical (unpaired) electrons. The zero-order valence-corrected chi connectivity index (χ0v) is 10.2. The Bertz CT molecular complexity index is 589. The van der Waals surface area contributed by atoms with Crippen LogP contribution in [0.15, 0.2) is 47.4 Å². The highest BCUT2D eigenvalue weighted by Crippen LogP contribution is 2.27. The van der Waals surface area contributed by atoms with Gasteiger partial charge in [0, 0.05) is 6.20 Å². The van der Waals surface area contributed by atoms with E-state index in [0.717, 1.165) is 5.82 Å². The lowest BCUT2D eigenvalue weighted by molar-refractivity contribution is 0.892. The van der Waals surface area contributed by atoms with Gasteiger partial charge in [-0.2, -0.15) is 0 Å². The lowest BCUT2D eigenvalue weighted by Crippen LogP contribution is -2.29. The van der Waals surface area contributed by atoms with Crippen molar-refractivity contribution in [3.63, 3.8) is 0 Å². The van der Waals surface area contributed by atoms with Gasteiger partial charge in [-0.25, -0.2) is 4.98 Å². The molecule has 7 heteroatoms. The van der Waals surface area contributed by atoms with Crippen LogP contribution >= 0.6 is 12.4 Å². The van der Waals surface area contributed by atoms with Crippen LogP contribution in [0.4, 0.5) is 11.5 Å². The van der Waals surface area contributed by atoms with Crippen molar-refractivity contribution in [1.82, 2.24) is 15.3 Å². The van der Waals surface area contributed by atoms with Crippen LogP contribution in [0.5, 0.6) is 0 Å². The fraction of sp³-hybridized carbons (Fsp3) is 0.0909. The van der Waals surface area contributed by atoms with Gasteiger partial charge in [-0.1, -0.05) is 12.2 Å². The molecule has 0 spiro atoms. The van der Waals surface area contributed by atoms with Crippen molar-refractivity contribution in [2.75, 3.05) is 16.9 Å². The molecule has 1 aromatic heterocycles. The van der Waals surface area contributed by atoms with E-state index in [4.69, 9.17) is 0 Å². The quantitative estimate of drug-likeness (QED) is 0.704.